The van der Waals surface area contributed by atoms with E-state index in [2.05, 4.69) is 24.3 Å². The standard InChI is InChI=1S/C25H36N2O2/c1-5-27(24(28)29-25(2,3)4)23(19-21-14-10-7-11-15-21)17-16-22(26)18-20-12-8-6-9-13-20/h6-15,22-23H,5,16-19,26H2,1-4H3. The highest BCUT2D eigenvalue weighted by atomic mass is 16.6. The van der Waals surface area contributed by atoms with E-state index in [0.717, 1.165) is 25.7 Å². The lowest BCUT2D eigenvalue weighted by atomic mass is 9.95. The van der Waals surface area contributed by atoms with Crippen LogP contribution in [0.4, 0.5) is 4.79 Å². The molecule has 0 radical (unpaired) electrons. The Hall–Kier alpha value is -2.33. The molecule has 0 aromatic heterocycles. The van der Waals surface area contributed by atoms with Gasteiger partial charge in [-0.2, -0.15) is 0 Å². The Morgan fingerprint density at radius 1 is 0.931 bits per heavy atom. The van der Waals surface area contributed by atoms with Crippen molar-refractivity contribution >= 4 is 6.09 Å². The van der Waals surface area contributed by atoms with E-state index in [0.29, 0.717) is 6.54 Å². The van der Waals surface area contributed by atoms with Gasteiger partial charge in [0.25, 0.3) is 0 Å². The summed E-state index contributed by atoms with van der Waals surface area (Å²) in [6, 6.07) is 20.8. The number of rotatable bonds is 9. The average Bonchev–Trinajstić information content (AvgIpc) is 2.66. The lowest BCUT2D eigenvalue weighted by Crippen LogP contribution is -2.45. The molecule has 2 aromatic carbocycles. The fourth-order valence-corrected chi connectivity index (χ4v) is 3.54. The predicted molar refractivity (Wildman–Crippen MR) is 120 cm³/mol. The number of ether oxygens (including phenoxy) is 1. The fraction of sp³-hybridized carbons (Fsp3) is 0.480. The average molecular weight is 397 g/mol. The molecule has 1 amide bonds. The summed E-state index contributed by atoms with van der Waals surface area (Å²) >= 11 is 0. The van der Waals surface area contributed by atoms with Gasteiger partial charge in [-0.15, -0.1) is 0 Å². The van der Waals surface area contributed by atoms with Crippen molar-refractivity contribution in [1.82, 2.24) is 4.90 Å². The van der Waals surface area contributed by atoms with Crippen molar-refractivity contribution in [1.29, 1.82) is 0 Å². The molecule has 0 spiro atoms. The largest absolute Gasteiger partial charge is 0.444 e. The summed E-state index contributed by atoms with van der Waals surface area (Å²) in [6.45, 7) is 8.33. The monoisotopic (exact) mass is 396 g/mol. The molecule has 0 aliphatic carbocycles. The molecule has 0 saturated heterocycles. The molecule has 4 heteroatoms. The molecule has 0 aliphatic rings. The molecular weight excluding hydrogens is 360 g/mol. The summed E-state index contributed by atoms with van der Waals surface area (Å²) in [7, 11) is 0. The number of nitrogens with two attached hydrogens (primary N) is 1. The number of hydrogen-bond donors (Lipinski definition) is 1. The highest BCUT2D eigenvalue weighted by Crippen LogP contribution is 2.19. The zero-order valence-electron chi connectivity index (χ0n) is 18.3. The highest BCUT2D eigenvalue weighted by Gasteiger charge is 2.27. The summed E-state index contributed by atoms with van der Waals surface area (Å²) in [4.78, 5) is 14.7. The van der Waals surface area contributed by atoms with E-state index < -0.39 is 5.60 Å². The molecule has 0 heterocycles. The van der Waals surface area contributed by atoms with Crippen LogP contribution in [0.15, 0.2) is 60.7 Å². The predicted octanol–water partition coefficient (Wildman–Crippen LogP) is 5.20. The Balaban J connectivity index is 2.07. The molecular formula is C25H36N2O2. The number of likely N-dealkylation sites (N-methyl/N-ethyl adjacent to an activating group) is 1. The minimum absolute atomic E-state index is 0.0547. The molecule has 0 aliphatic heterocycles. The first-order chi connectivity index (χ1) is 13.8. The van der Waals surface area contributed by atoms with E-state index in [-0.39, 0.29) is 18.2 Å². The van der Waals surface area contributed by atoms with Gasteiger partial charge >= 0.3 is 6.09 Å². The number of amides is 1. The second-order valence-corrected chi connectivity index (χ2v) is 8.64. The second-order valence-electron chi connectivity index (χ2n) is 8.64. The van der Waals surface area contributed by atoms with Crippen LogP contribution in [0.3, 0.4) is 0 Å². The summed E-state index contributed by atoms with van der Waals surface area (Å²) in [5, 5.41) is 0. The normalized spacial score (nSPS) is 13.6. The first-order valence-corrected chi connectivity index (χ1v) is 10.6. The third-order valence-electron chi connectivity index (χ3n) is 4.94. The molecule has 29 heavy (non-hydrogen) atoms. The van der Waals surface area contributed by atoms with Crippen molar-refractivity contribution in [2.24, 2.45) is 5.73 Å². The van der Waals surface area contributed by atoms with Gasteiger partial charge in [0.05, 0.1) is 0 Å². The molecule has 4 nitrogen and oxygen atoms in total. The number of carbonyl (C=O) groups excluding carboxylic acids is 1. The minimum atomic E-state index is -0.508. The van der Waals surface area contributed by atoms with E-state index in [1.165, 1.54) is 11.1 Å². The number of carbonyl (C=O) groups is 1. The van der Waals surface area contributed by atoms with Crippen LogP contribution in [0, 0.1) is 0 Å². The summed E-state index contributed by atoms with van der Waals surface area (Å²) in [5.74, 6) is 0. The van der Waals surface area contributed by atoms with Crippen LogP contribution >= 0.6 is 0 Å². The Kier molecular flexibility index (Phi) is 8.71. The van der Waals surface area contributed by atoms with E-state index in [4.69, 9.17) is 10.5 Å². The summed E-state index contributed by atoms with van der Waals surface area (Å²) in [6.07, 6.45) is 3.09. The molecule has 0 fully saturated rings. The molecule has 2 unspecified atom stereocenters. The Morgan fingerprint density at radius 3 is 1.93 bits per heavy atom. The van der Waals surface area contributed by atoms with Crippen LogP contribution in [-0.4, -0.2) is 35.2 Å². The zero-order valence-corrected chi connectivity index (χ0v) is 18.3. The van der Waals surface area contributed by atoms with Crippen LogP contribution in [0.25, 0.3) is 0 Å². The van der Waals surface area contributed by atoms with Crippen molar-refractivity contribution in [3.05, 3.63) is 71.8 Å². The first-order valence-electron chi connectivity index (χ1n) is 10.6. The van der Waals surface area contributed by atoms with Crippen LogP contribution in [0.1, 0.15) is 51.7 Å². The second kappa shape index (κ2) is 11.0. The van der Waals surface area contributed by atoms with E-state index in [1.807, 2.05) is 69.0 Å². The van der Waals surface area contributed by atoms with Gasteiger partial charge in [0, 0.05) is 18.6 Å². The van der Waals surface area contributed by atoms with E-state index in [1.54, 1.807) is 0 Å². The van der Waals surface area contributed by atoms with Gasteiger partial charge in [-0.05, 0) is 64.5 Å². The van der Waals surface area contributed by atoms with Crippen LogP contribution in [-0.2, 0) is 17.6 Å². The highest BCUT2D eigenvalue weighted by molar-refractivity contribution is 5.68. The van der Waals surface area contributed by atoms with Gasteiger partial charge in [-0.3, -0.25) is 0 Å². The third-order valence-corrected chi connectivity index (χ3v) is 4.94. The van der Waals surface area contributed by atoms with E-state index >= 15 is 0 Å². The Labute approximate surface area is 176 Å². The van der Waals surface area contributed by atoms with Crippen LogP contribution in [0.5, 0.6) is 0 Å². The lowest BCUT2D eigenvalue weighted by molar-refractivity contribution is 0.0161. The number of hydrogen-bond acceptors (Lipinski definition) is 3. The van der Waals surface area contributed by atoms with Gasteiger partial charge in [-0.25, -0.2) is 4.79 Å². The maximum Gasteiger partial charge on any atom is 0.410 e. The van der Waals surface area contributed by atoms with Crippen LogP contribution in [0.2, 0.25) is 0 Å². The smallest absolute Gasteiger partial charge is 0.410 e. The van der Waals surface area contributed by atoms with Gasteiger partial charge in [-0.1, -0.05) is 60.7 Å². The Bertz CT molecular complexity index is 725. The molecule has 2 N–H and O–H groups in total. The molecule has 0 saturated carbocycles. The lowest BCUT2D eigenvalue weighted by Gasteiger charge is -2.33. The van der Waals surface area contributed by atoms with E-state index in [9.17, 15) is 4.79 Å². The van der Waals surface area contributed by atoms with Gasteiger partial charge in [0.1, 0.15) is 5.60 Å². The SMILES string of the molecule is CCN(C(=O)OC(C)(C)C)C(CCC(N)Cc1ccccc1)Cc1ccccc1. The van der Waals surface area contributed by atoms with Crippen LogP contribution < -0.4 is 5.73 Å². The number of nitrogens with zero attached hydrogens (tertiary/aromatic N) is 1. The summed E-state index contributed by atoms with van der Waals surface area (Å²) in [5.41, 5.74) is 8.39. The number of benzene rings is 2. The van der Waals surface area contributed by atoms with Gasteiger partial charge in [0.2, 0.25) is 0 Å². The molecule has 2 rings (SSSR count). The minimum Gasteiger partial charge on any atom is -0.444 e. The maximum atomic E-state index is 12.8. The molecule has 158 valence electrons. The van der Waals surface area contributed by atoms with Crippen molar-refractivity contribution in [3.8, 4) is 0 Å². The Morgan fingerprint density at radius 2 is 1.45 bits per heavy atom. The summed E-state index contributed by atoms with van der Waals surface area (Å²) < 4.78 is 5.67. The topological polar surface area (TPSA) is 55.6 Å². The zero-order chi connectivity index (χ0) is 21.3. The first kappa shape index (κ1) is 23.0. The molecule has 2 aromatic rings. The fourth-order valence-electron chi connectivity index (χ4n) is 3.54. The third kappa shape index (κ3) is 8.28. The van der Waals surface area contributed by atoms with Gasteiger partial charge in [0.15, 0.2) is 0 Å². The quantitative estimate of drug-likeness (QED) is 0.633. The molecule has 0 bridgehead atoms. The van der Waals surface area contributed by atoms with Crippen molar-refractivity contribution in [2.75, 3.05) is 6.54 Å². The van der Waals surface area contributed by atoms with Gasteiger partial charge < -0.3 is 15.4 Å². The van der Waals surface area contributed by atoms with Crippen molar-refractivity contribution < 1.29 is 9.53 Å². The maximum absolute atomic E-state index is 12.8. The molecule has 2 atom stereocenters. The van der Waals surface area contributed by atoms with Crippen molar-refractivity contribution in [3.63, 3.8) is 0 Å². The van der Waals surface area contributed by atoms with Crippen molar-refractivity contribution in [2.45, 2.75) is 71.1 Å².